The Morgan fingerprint density at radius 1 is 0.615 bits per heavy atom. The summed E-state index contributed by atoms with van der Waals surface area (Å²) in [5.41, 5.74) is 1.99. The van der Waals surface area contributed by atoms with Crippen molar-refractivity contribution in [2.45, 2.75) is 45.9 Å². The van der Waals surface area contributed by atoms with Gasteiger partial charge in [0, 0.05) is 0 Å². The zero-order valence-corrected chi connectivity index (χ0v) is 11.4. The van der Waals surface area contributed by atoms with Crippen molar-refractivity contribution in [1.82, 2.24) is 0 Å². The third-order valence-corrected chi connectivity index (χ3v) is 11.3. The van der Waals surface area contributed by atoms with E-state index in [0.29, 0.717) is 0 Å². The molecule has 4 unspecified atom stereocenters. The zero-order chi connectivity index (χ0) is 10.4. The molecule has 0 bridgehead atoms. The van der Waals surface area contributed by atoms with Gasteiger partial charge in [0.25, 0.3) is 0 Å². The average Bonchev–Trinajstić information content (AvgIpc) is 2.09. The molecule has 1 heteroatoms. The van der Waals surface area contributed by atoms with Gasteiger partial charge in [0.15, 0.2) is 0 Å². The van der Waals surface area contributed by atoms with Crippen LogP contribution in [0.2, 0.25) is 0 Å². The summed E-state index contributed by atoms with van der Waals surface area (Å²) in [5, 5.41) is 0. The van der Waals surface area contributed by atoms with E-state index in [1.165, 1.54) is 0 Å². The first-order chi connectivity index (χ1) is 5.80. The molecule has 0 saturated carbocycles. The molecular weight excluding hydrogens is 175 g/mol. The van der Waals surface area contributed by atoms with Gasteiger partial charge < -0.3 is 0 Å². The Labute approximate surface area is 84.8 Å². The van der Waals surface area contributed by atoms with E-state index in [4.69, 9.17) is 0 Å². The SMILES string of the molecule is CC1C(C)C(C)[PH](C)(C)C(C)C1C. The standard InChI is InChI=1S/C12H27P/c1-8-9(2)11(4)13(6,7)12(5)10(8)3/h8-13H,1-7H3. The molecule has 1 rings (SSSR count). The monoisotopic (exact) mass is 202 g/mol. The van der Waals surface area contributed by atoms with Crippen LogP contribution in [-0.2, 0) is 0 Å². The summed E-state index contributed by atoms with van der Waals surface area (Å²) in [7, 11) is -0.965. The molecule has 0 aliphatic carbocycles. The molecule has 0 aromatic heterocycles. The molecule has 1 aliphatic rings. The normalized spacial score (nSPS) is 53.0. The van der Waals surface area contributed by atoms with Crippen molar-refractivity contribution < 1.29 is 0 Å². The second-order valence-electron chi connectivity index (χ2n) is 5.98. The van der Waals surface area contributed by atoms with Gasteiger partial charge in [-0.1, -0.05) is 0 Å². The first-order valence-corrected chi connectivity index (χ1v) is 8.95. The van der Waals surface area contributed by atoms with Crippen molar-refractivity contribution in [3.8, 4) is 0 Å². The Bertz CT molecular complexity index is 168. The van der Waals surface area contributed by atoms with E-state index in [1.54, 1.807) is 0 Å². The third kappa shape index (κ3) is 1.67. The van der Waals surface area contributed by atoms with E-state index < -0.39 is 7.26 Å². The van der Waals surface area contributed by atoms with Crippen LogP contribution in [0, 0.1) is 17.8 Å². The molecule has 0 aromatic rings. The minimum absolute atomic E-state index is 0.922. The van der Waals surface area contributed by atoms with Crippen LogP contribution in [0.4, 0.5) is 0 Å². The maximum absolute atomic E-state index is 2.58. The maximum atomic E-state index is 2.58. The van der Waals surface area contributed by atoms with E-state index in [2.05, 4.69) is 47.9 Å². The average molecular weight is 202 g/mol. The second kappa shape index (κ2) is 3.54. The Balaban J connectivity index is 2.93. The summed E-state index contributed by atoms with van der Waals surface area (Å²) in [6.07, 6.45) is 0. The molecule has 0 aromatic carbocycles. The molecule has 13 heavy (non-hydrogen) atoms. The number of rotatable bonds is 0. The van der Waals surface area contributed by atoms with Gasteiger partial charge in [0.05, 0.1) is 0 Å². The molecule has 1 saturated heterocycles. The van der Waals surface area contributed by atoms with Gasteiger partial charge in [0.1, 0.15) is 0 Å². The fraction of sp³-hybridized carbons (Fsp3) is 1.00. The third-order valence-electron chi connectivity index (χ3n) is 5.58. The first kappa shape index (κ1) is 11.5. The van der Waals surface area contributed by atoms with Crippen LogP contribution in [0.1, 0.15) is 34.6 Å². The van der Waals surface area contributed by atoms with E-state index in [-0.39, 0.29) is 0 Å². The van der Waals surface area contributed by atoms with Crippen LogP contribution < -0.4 is 0 Å². The van der Waals surface area contributed by atoms with Crippen molar-refractivity contribution >= 4 is 7.26 Å². The molecule has 80 valence electrons. The Kier molecular flexibility index (Phi) is 3.13. The summed E-state index contributed by atoms with van der Waals surface area (Å²) < 4.78 is 0. The van der Waals surface area contributed by atoms with E-state index >= 15 is 0 Å². The van der Waals surface area contributed by atoms with E-state index in [0.717, 1.165) is 29.1 Å². The molecule has 0 radical (unpaired) electrons. The van der Waals surface area contributed by atoms with Crippen LogP contribution in [0.5, 0.6) is 0 Å². The van der Waals surface area contributed by atoms with Gasteiger partial charge >= 0.3 is 84.3 Å². The molecule has 1 aliphatic heterocycles. The molecule has 0 nitrogen and oxygen atoms in total. The fourth-order valence-electron chi connectivity index (χ4n) is 3.16. The topological polar surface area (TPSA) is 0 Å². The van der Waals surface area contributed by atoms with Crippen LogP contribution in [-0.4, -0.2) is 24.6 Å². The summed E-state index contributed by atoms with van der Waals surface area (Å²) in [5.74, 6) is 2.80. The van der Waals surface area contributed by atoms with Gasteiger partial charge in [-0.3, -0.25) is 0 Å². The van der Waals surface area contributed by atoms with Crippen molar-refractivity contribution in [3.05, 3.63) is 0 Å². The number of hydrogen-bond donors (Lipinski definition) is 0. The molecule has 4 atom stereocenters. The Morgan fingerprint density at radius 2 is 0.923 bits per heavy atom. The van der Waals surface area contributed by atoms with Gasteiger partial charge in [-0.15, -0.1) is 0 Å². The fourth-order valence-corrected chi connectivity index (χ4v) is 7.31. The van der Waals surface area contributed by atoms with Crippen molar-refractivity contribution in [1.29, 1.82) is 0 Å². The molecule has 0 spiro atoms. The summed E-state index contributed by atoms with van der Waals surface area (Å²) >= 11 is 0. The quantitative estimate of drug-likeness (QED) is 0.525. The summed E-state index contributed by atoms with van der Waals surface area (Å²) in [4.78, 5) is 0. The minimum atomic E-state index is -0.965. The predicted molar refractivity (Wildman–Crippen MR) is 66.6 cm³/mol. The van der Waals surface area contributed by atoms with Crippen molar-refractivity contribution in [3.63, 3.8) is 0 Å². The van der Waals surface area contributed by atoms with E-state index in [1.807, 2.05) is 0 Å². The summed E-state index contributed by atoms with van der Waals surface area (Å²) in [6.45, 7) is 17.5. The van der Waals surface area contributed by atoms with E-state index in [9.17, 15) is 0 Å². The molecule has 1 heterocycles. The zero-order valence-electron chi connectivity index (χ0n) is 10.4. The van der Waals surface area contributed by atoms with Crippen LogP contribution >= 0.6 is 7.26 Å². The summed E-state index contributed by atoms with van der Waals surface area (Å²) in [6, 6.07) is 0. The molecular formula is C12H27P. The predicted octanol–water partition coefficient (Wildman–Crippen LogP) is 3.69. The molecule has 1 fully saturated rings. The molecule has 0 amide bonds. The van der Waals surface area contributed by atoms with Crippen LogP contribution in [0.3, 0.4) is 0 Å². The Hall–Kier alpha value is 0.430. The van der Waals surface area contributed by atoms with Gasteiger partial charge in [-0.05, 0) is 0 Å². The van der Waals surface area contributed by atoms with Crippen molar-refractivity contribution in [2.24, 2.45) is 17.8 Å². The Morgan fingerprint density at radius 3 is 1.23 bits per heavy atom. The van der Waals surface area contributed by atoms with Crippen molar-refractivity contribution in [2.75, 3.05) is 13.3 Å². The van der Waals surface area contributed by atoms with Crippen LogP contribution in [0.25, 0.3) is 0 Å². The van der Waals surface area contributed by atoms with Gasteiger partial charge in [0.2, 0.25) is 0 Å². The first-order valence-electron chi connectivity index (χ1n) is 5.80. The van der Waals surface area contributed by atoms with Gasteiger partial charge in [-0.2, -0.15) is 0 Å². The molecule has 0 N–H and O–H groups in total. The number of hydrogen-bond acceptors (Lipinski definition) is 0. The second-order valence-corrected chi connectivity index (χ2v) is 11.4. The van der Waals surface area contributed by atoms with Crippen LogP contribution in [0.15, 0.2) is 0 Å². The van der Waals surface area contributed by atoms with Gasteiger partial charge in [-0.25, -0.2) is 0 Å².